The standard InChI is InChI=1S/C10H12ClNO/c1-7-6-12(2)9-5-8(11)3-4-10(9)13-7/h3-5,7H,6H2,1-2H3. The fourth-order valence-electron chi connectivity index (χ4n) is 1.63. The maximum atomic E-state index is 5.90. The van der Waals surface area contributed by atoms with Crippen molar-refractivity contribution in [1.82, 2.24) is 0 Å². The van der Waals surface area contributed by atoms with Crippen LogP contribution in [-0.4, -0.2) is 19.7 Å². The number of likely N-dealkylation sites (N-methyl/N-ethyl adjacent to an activating group) is 1. The third-order valence-corrected chi connectivity index (χ3v) is 2.43. The molecule has 0 fully saturated rings. The molecule has 0 saturated carbocycles. The molecule has 1 unspecified atom stereocenters. The van der Waals surface area contributed by atoms with Gasteiger partial charge in [-0.25, -0.2) is 0 Å². The number of ether oxygens (including phenoxy) is 1. The highest BCUT2D eigenvalue weighted by Crippen LogP contribution is 2.34. The fraction of sp³-hybridized carbons (Fsp3) is 0.400. The monoisotopic (exact) mass is 197 g/mol. The summed E-state index contributed by atoms with van der Waals surface area (Å²) >= 11 is 5.90. The summed E-state index contributed by atoms with van der Waals surface area (Å²) in [6, 6.07) is 5.71. The Labute approximate surface area is 83.1 Å². The van der Waals surface area contributed by atoms with E-state index < -0.39 is 0 Å². The van der Waals surface area contributed by atoms with Gasteiger partial charge >= 0.3 is 0 Å². The number of benzene rings is 1. The molecule has 3 heteroatoms. The van der Waals surface area contributed by atoms with Crippen LogP contribution in [0, 0.1) is 0 Å². The van der Waals surface area contributed by atoms with Gasteiger partial charge in [-0.15, -0.1) is 0 Å². The van der Waals surface area contributed by atoms with Gasteiger partial charge in [0.15, 0.2) is 0 Å². The molecule has 0 radical (unpaired) electrons. The van der Waals surface area contributed by atoms with E-state index in [1.807, 2.05) is 25.2 Å². The number of nitrogens with zero attached hydrogens (tertiary/aromatic N) is 1. The Morgan fingerprint density at radius 2 is 2.31 bits per heavy atom. The topological polar surface area (TPSA) is 12.5 Å². The van der Waals surface area contributed by atoms with Crippen molar-refractivity contribution in [2.75, 3.05) is 18.5 Å². The molecule has 2 nitrogen and oxygen atoms in total. The van der Waals surface area contributed by atoms with Crippen molar-refractivity contribution < 1.29 is 4.74 Å². The average Bonchev–Trinajstić information content (AvgIpc) is 2.06. The summed E-state index contributed by atoms with van der Waals surface area (Å²) in [4.78, 5) is 2.16. The lowest BCUT2D eigenvalue weighted by Crippen LogP contribution is -2.35. The molecule has 1 atom stereocenters. The van der Waals surface area contributed by atoms with Crippen molar-refractivity contribution in [2.24, 2.45) is 0 Å². The number of anilines is 1. The molecular formula is C10H12ClNO. The molecule has 0 aliphatic carbocycles. The van der Waals surface area contributed by atoms with Gasteiger partial charge in [-0.2, -0.15) is 0 Å². The Hall–Kier alpha value is -0.890. The Balaban J connectivity index is 2.43. The van der Waals surface area contributed by atoms with Crippen LogP contribution in [0.4, 0.5) is 5.69 Å². The van der Waals surface area contributed by atoms with Gasteiger partial charge < -0.3 is 9.64 Å². The molecule has 0 aromatic heterocycles. The first-order valence-electron chi connectivity index (χ1n) is 4.34. The number of rotatable bonds is 0. The zero-order chi connectivity index (χ0) is 9.42. The highest BCUT2D eigenvalue weighted by Gasteiger charge is 2.19. The molecule has 0 amide bonds. The van der Waals surface area contributed by atoms with Gasteiger partial charge in [0, 0.05) is 12.1 Å². The molecule has 70 valence electrons. The summed E-state index contributed by atoms with van der Waals surface area (Å²) in [5.74, 6) is 0.922. The minimum atomic E-state index is 0.249. The van der Waals surface area contributed by atoms with Crippen LogP contribution in [0.2, 0.25) is 5.02 Å². The van der Waals surface area contributed by atoms with Gasteiger partial charge in [0.1, 0.15) is 11.9 Å². The zero-order valence-corrected chi connectivity index (χ0v) is 8.51. The molecule has 0 saturated heterocycles. The lowest BCUT2D eigenvalue weighted by molar-refractivity contribution is 0.215. The average molecular weight is 198 g/mol. The van der Waals surface area contributed by atoms with Crippen LogP contribution in [0.5, 0.6) is 5.75 Å². The van der Waals surface area contributed by atoms with Crippen molar-refractivity contribution in [3.8, 4) is 5.75 Å². The lowest BCUT2D eigenvalue weighted by atomic mass is 10.2. The Morgan fingerprint density at radius 1 is 1.54 bits per heavy atom. The summed E-state index contributed by atoms with van der Waals surface area (Å²) < 4.78 is 5.66. The second kappa shape index (κ2) is 3.11. The lowest BCUT2D eigenvalue weighted by Gasteiger charge is -2.32. The van der Waals surface area contributed by atoms with E-state index in [9.17, 15) is 0 Å². The predicted molar refractivity (Wildman–Crippen MR) is 54.8 cm³/mol. The van der Waals surface area contributed by atoms with Gasteiger partial charge in [0.2, 0.25) is 0 Å². The van der Waals surface area contributed by atoms with Crippen LogP contribution < -0.4 is 9.64 Å². The largest absolute Gasteiger partial charge is 0.487 e. The van der Waals surface area contributed by atoms with Crippen molar-refractivity contribution >= 4 is 17.3 Å². The van der Waals surface area contributed by atoms with Gasteiger partial charge in [-0.3, -0.25) is 0 Å². The number of halogens is 1. The fourth-order valence-corrected chi connectivity index (χ4v) is 1.79. The Bertz CT molecular complexity index is 327. The molecule has 0 spiro atoms. The third-order valence-electron chi connectivity index (χ3n) is 2.19. The van der Waals surface area contributed by atoms with Crippen LogP contribution in [0.1, 0.15) is 6.92 Å². The smallest absolute Gasteiger partial charge is 0.143 e. The van der Waals surface area contributed by atoms with E-state index in [1.54, 1.807) is 0 Å². The van der Waals surface area contributed by atoms with Gasteiger partial charge in [0.25, 0.3) is 0 Å². The van der Waals surface area contributed by atoms with E-state index in [4.69, 9.17) is 16.3 Å². The first-order valence-corrected chi connectivity index (χ1v) is 4.72. The van der Waals surface area contributed by atoms with Crippen LogP contribution >= 0.6 is 11.6 Å². The van der Waals surface area contributed by atoms with Crippen LogP contribution in [0.15, 0.2) is 18.2 Å². The van der Waals surface area contributed by atoms with Gasteiger partial charge in [-0.1, -0.05) is 11.6 Å². The number of hydrogen-bond donors (Lipinski definition) is 0. The quantitative estimate of drug-likeness (QED) is 0.634. The van der Waals surface area contributed by atoms with Crippen molar-refractivity contribution in [3.63, 3.8) is 0 Å². The molecule has 1 aliphatic rings. The van der Waals surface area contributed by atoms with E-state index in [-0.39, 0.29) is 6.10 Å². The Kier molecular flexibility index (Phi) is 2.08. The van der Waals surface area contributed by atoms with Crippen LogP contribution in [-0.2, 0) is 0 Å². The first-order chi connectivity index (χ1) is 6.16. The van der Waals surface area contributed by atoms with Crippen molar-refractivity contribution in [3.05, 3.63) is 23.2 Å². The molecular weight excluding hydrogens is 186 g/mol. The van der Waals surface area contributed by atoms with Crippen LogP contribution in [0.25, 0.3) is 0 Å². The first kappa shape index (κ1) is 8.70. The summed E-state index contributed by atoms with van der Waals surface area (Å²) in [6.45, 7) is 2.97. The molecule has 0 N–H and O–H groups in total. The molecule has 1 heterocycles. The van der Waals surface area contributed by atoms with Crippen LogP contribution in [0.3, 0.4) is 0 Å². The molecule has 1 aliphatic heterocycles. The molecule has 13 heavy (non-hydrogen) atoms. The summed E-state index contributed by atoms with van der Waals surface area (Å²) in [5, 5.41) is 0.753. The minimum absolute atomic E-state index is 0.249. The number of hydrogen-bond acceptors (Lipinski definition) is 2. The second-order valence-electron chi connectivity index (χ2n) is 3.42. The maximum Gasteiger partial charge on any atom is 0.143 e. The maximum absolute atomic E-state index is 5.90. The minimum Gasteiger partial charge on any atom is -0.487 e. The second-order valence-corrected chi connectivity index (χ2v) is 3.86. The van der Waals surface area contributed by atoms with Gasteiger partial charge in [0.05, 0.1) is 12.2 Å². The van der Waals surface area contributed by atoms with Crippen molar-refractivity contribution in [2.45, 2.75) is 13.0 Å². The van der Waals surface area contributed by atoms with Crippen molar-refractivity contribution in [1.29, 1.82) is 0 Å². The highest BCUT2D eigenvalue weighted by atomic mass is 35.5. The summed E-state index contributed by atoms with van der Waals surface area (Å²) in [6.07, 6.45) is 0.249. The van der Waals surface area contributed by atoms with E-state index >= 15 is 0 Å². The van der Waals surface area contributed by atoms with Gasteiger partial charge in [-0.05, 0) is 25.1 Å². The molecule has 1 aromatic carbocycles. The third kappa shape index (κ3) is 1.59. The zero-order valence-electron chi connectivity index (χ0n) is 7.75. The van der Waals surface area contributed by atoms with E-state index in [2.05, 4.69) is 11.8 Å². The van der Waals surface area contributed by atoms with E-state index in [1.165, 1.54) is 0 Å². The summed E-state index contributed by atoms with van der Waals surface area (Å²) in [5.41, 5.74) is 1.07. The predicted octanol–water partition coefficient (Wildman–Crippen LogP) is 2.56. The number of fused-ring (bicyclic) bond motifs is 1. The normalized spacial score (nSPS) is 20.8. The SMILES string of the molecule is CC1CN(C)c2cc(Cl)ccc2O1. The molecule has 2 rings (SSSR count). The molecule has 0 bridgehead atoms. The van der Waals surface area contributed by atoms with E-state index in [0.717, 1.165) is 23.0 Å². The Morgan fingerprint density at radius 3 is 3.08 bits per heavy atom. The summed E-state index contributed by atoms with van der Waals surface area (Å²) in [7, 11) is 2.05. The molecule has 1 aromatic rings. The highest BCUT2D eigenvalue weighted by molar-refractivity contribution is 6.30. The van der Waals surface area contributed by atoms with E-state index in [0.29, 0.717) is 0 Å².